The van der Waals surface area contributed by atoms with Crippen molar-refractivity contribution in [1.82, 2.24) is 24.1 Å². The molecule has 130 valence electrons. The zero-order valence-corrected chi connectivity index (χ0v) is 15.0. The van der Waals surface area contributed by atoms with Crippen molar-refractivity contribution in [2.24, 2.45) is 13.0 Å². The Morgan fingerprint density at radius 3 is 2.65 bits per heavy atom. The molecular weight excluding hydrogens is 318 g/mol. The summed E-state index contributed by atoms with van der Waals surface area (Å²) in [5.41, 5.74) is 1.55. The van der Waals surface area contributed by atoms with E-state index in [1.54, 1.807) is 17.9 Å². The van der Waals surface area contributed by atoms with Crippen LogP contribution in [0.15, 0.2) is 6.20 Å². The van der Waals surface area contributed by atoms with Gasteiger partial charge in [-0.2, -0.15) is 22.5 Å². The Morgan fingerprint density at radius 2 is 2.13 bits per heavy atom. The van der Waals surface area contributed by atoms with Gasteiger partial charge in [-0.05, 0) is 19.3 Å². The van der Waals surface area contributed by atoms with Gasteiger partial charge in [-0.1, -0.05) is 13.8 Å². The van der Waals surface area contributed by atoms with E-state index in [2.05, 4.69) is 15.1 Å². The monoisotopic (exact) mass is 343 g/mol. The van der Waals surface area contributed by atoms with Crippen LogP contribution in [-0.2, 0) is 22.1 Å². The van der Waals surface area contributed by atoms with Gasteiger partial charge in [0.25, 0.3) is 10.2 Å². The normalized spacial score (nSPS) is 24.8. The molecule has 0 bridgehead atoms. The summed E-state index contributed by atoms with van der Waals surface area (Å²) in [7, 11) is -0.504. The molecule has 2 heterocycles. The highest BCUT2D eigenvalue weighted by Crippen LogP contribution is 2.29. The maximum absolute atomic E-state index is 12.4. The molecule has 0 saturated carbocycles. The Kier molecular flexibility index (Phi) is 5.12. The number of hydrogen-bond acceptors (Lipinski definition) is 4. The van der Waals surface area contributed by atoms with E-state index in [1.807, 2.05) is 20.8 Å². The van der Waals surface area contributed by atoms with Crippen LogP contribution in [0.5, 0.6) is 0 Å². The van der Waals surface area contributed by atoms with Crippen LogP contribution >= 0.6 is 0 Å². The van der Waals surface area contributed by atoms with Gasteiger partial charge >= 0.3 is 0 Å². The van der Waals surface area contributed by atoms with Gasteiger partial charge in [0.2, 0.25) is 5.91 Å². The molecule has 1 aromatic rings. The molecule has 1 aromatic heterocycles. The van der Waals surface area contributed by atoms with Crippen molar-refractivity contribution in [2.75, 3.05) is 13.6 Å². The number of rotatable bonds is 4. The molecule has 0 aromatic carbocycles. The van der Waals surface area contributed by atoms with Crippen LogP contribution in [0, 0.1) is 12.8 Å². The molecule has 8 nitrogen and oxygen atoms in total. The number of aromatic nitrogens is 2. The minimum absolute atomic E-state index is 0.266. The minimum Gasteiger partial charge on any atom is -0.354 e. The summed E-state index contributed by atoms with van der Waals surface area (Å²) >= 11 is 0. The molecule has 2 atom stereocenters. The quantitative estimate of drug-likeness (QED) is 0.809. The molecule has 0 spiro atoms. The predicted octanol–water partition coefficient (Wildman–Crippen LogP) is 0.0803. The Bertz CT molecular complexity index is 683. The van der Waals surface area contributed by atoms with Gasteiger partial charge in [0.15, 0.2) is 0 Å². The van der Waals surface area contributed by atoms with E-state index >= 15 is 0 Å². The lowest BCUT2D eigenvalue weighted by molar-refractivity contribution is -0.125. The first kappa shape index (κ1) is 17.9. The molecule has 2 N–H and O–H groups in total. The average molecular weight is 343 g/mol. The van der Waals surface area contributed by atoms with Gasteiger partial charge in [0.1, 0.15) is 6.04 Å². The van der Waals surface area contributed by atoms with Gasteiger partial charge in [-0.25, -0.2) is 0 Å². The summed E-state index contributed by atoms with van der Waals surface area (Å²) in [5, 5.41) is 7.07. The number of aryl methyl sites for hydroxylation is 2. The van der Waals surface area contributed by atoms with Crippen molar-refractivity contribution < 1.29 is 13.2 Å². The molecule has 1 amide bonds. The Hall–Kier alpha value is -1.45. The standard InChI is InChI=1S/C14H25N5O3S/c1-9(2)7-15-14(20)13-6-12(17-23(21,22)19(13)5)11-8-18(4)16-10(11)3/h8-9,12-13,17H,6-7H2,1-5H3,(H,15,20)/t12-,13-/m0/s1. The van der Waals surface area contributed by atoms with Crippen molar-refractivity contribution in [2.45, 2.75) is 39.3 Å². The number of carbonyl (C=O) groups is 1. The first-order chi connectivity index (χ1) is 10.6. The van der Waals surface area contributed by atoms with Gasteiger partial charge in [-0.15, -0.1) is 0 Å². The highest BCUT2D eigenvalue weighted by atomic mass is 32.2. The van der Waals surface area contributed by atoms with E-state index in [4.69, 9.17) is 0 Å². The van der Waals surface area contributed by atoms with E-state index in [-0.39, 0.29) is 5.91 Å². The summed E-state index contributed by atoms with van der Waals surface area (Å²) in [6.07, 6.45) is 2.16. The highest BCUT2D eigenvalue weighted by Gasteiger charge is 2.41. The molecule has 0 aliphatic carbocycles. The first-order valence-corrected chi connectivity index (χ1v) is 9.09. The maximum Gasteiger partial charge on any atom is 0.280 e. The lowest BCUT2D eigenvalue weighted by Crippen LogP contribution is -2.57. The zero-order valence-electron chi connectivity index (χ0n) is 14.2. The largest absolute Gasteiger partial charge is 0.354 e. The molecule has 1 saturated heterocycles. The third-order valence-corrected chi connectivity index (χ3v) is 5.58. The number of likely N-dealkylation sites (N-methyl/N-ethyl adjacent to an activating group) is 1. The van der Waals surface area contributed by atoms with Crippen molar-refractivity contribution in [1.29, 1.82) is 0 Å². The van der Waals surface area contributed by atoms with Crippen LogP contribution in [0.3, 0.4) is 0 Å². The second-order valence-corrected chi connectivity index (χ2v) is 8.19. The fourth-order valence-corrected chi connectivity index (χ4v) is 3.96. The van der Waals surface area contributed by atoms with Crippen LogP contribution in [0.1, 0.15) is 37.6 Å². The van der Waals surface area contributed by atoms with Gasteiger partial charge in [0, 0.05) is 32.4 Å². The van der Waals surface area contributed by atoms with Gasteiger partial charge in [0.05, 0.1) is 11.7 Å². The lowest BCUT2D eigenvalue weighted by atomic mass is 10.00. The summed E-state index contributed by atoms with van der Waals surface area (Å²) in [6, 6.07) is -1.19. The fourth-order valence-electron chi connectivity index (χ4n) is 2.70. The van der Waals surface area contributed by atoms with Crippen LogP contribution in [0.4, 0.5) is 0 Å². The summed E-state index contributed by atoms with van der Waals surface area (Å²) in [4.78, 5) is 12.4. The van der Waals surface area contributed by atoms with Crippen LogP contribution < -0.4 is 10.0 Å². The molecule has 0 unspecified atom stereocenters. The Labute approximate surface area is 137 Å². The van der Waals surface area contributed by atoms with Gasteiger partial charge < -0.3 is 5.32 Å². The predicted molar refractivity (Wildman–Crippen MR) is 86.8 cm³/mol. The molecule has 2 rings (SSSR count). The van der Waals surface area contributed by atoms with Gasteiger partial charge in [-0.3, -0.25) is 9.48 Å². The first-order valence-electron chi connectivity index (χ1n) is 7.65. The SMILES string of the molecule is Cc1nn(C)cc1[C@@H]1C[C@@H](C(=O)NCC(C)C)N(C)S(=O)(=O)N1. The van der Waals surface area contributed by atoms with Crippen molar-refractivity contribution >= 4 is 16.1 Å². The summed E-state index contributed by atoms with van der Waals surface area (Å²) in [6.45, 7) is 6.33. The summed E-state index contributed by atoms with van der Waals surface area (Å²) < 4.78 is 30.1. The summed E-state index contributed by atoms with van der Waals surface area (Å²) in [5.74, 6) is 0.0387. The molecule has 1 fully saturated rings. The number of carbonyl (C=O) groups excluding carboxylic acids is 1. The Morgan fingerprint density at radius 1 is 1.48 bits per heavy atom. The fraction of sp³-hybridized carbons (Fsp3) is 0.714. The van der Waals surface area contributed by atoms with E-state index in [0.717, 1.165) is 15.6 Å². The molecule has 0 radical (unpaired) electrons. The average Bonchev–Trinajstić information content (AvgIpc) is 2.77. The molecule has 1 aliphatic heterocycles. The maximum atomic E-state index is 12.4. The third kappa shape index (κ3) is 3.91. The van der Waals surface area contributed by atoms with Crippen LogP contribution in [0.25, 0.3) is 0 Å². The molecular formula is C14H25N5O3S. The second-order valence-electron chi connectivity index (χ2n) is 6.43. The van der Waals surface area contributed by atoms with E-state index in [1.165, 1.54) is 7.05 Å². The lowest BCUT2D eigenvalue weighted by Gasteiger charge is -2.36. The number of hydrogen-bond donors (Lipinski definition) is 2. The smallest absolute Gasteiger partial charge is 0.280 e. The number of amides is 1. The third-order valence-electron chi connectivity index (χ3n) is 3.98. The molecule has 23 heavy (non-hydrogen) atoms. The van der Waals surface area contributed by atoms with E-state index < -0.39 is 22.3 Å². The van der Waals surface area contributed by atoms with Crippen LogP contribution in [-0.4, -0.2) is 48.0 Å². The number of nitrogens with zero attached hydrogens (tertiary/aromatic N) is 3. The zero-order chi connectivity index (χ0) is 17.4. The second kappa shape index (κ2) is 6.58. The number of nitrogens with one attached hydrogen (secondary N) is 2. The molecule has 9 heteroatoms. The topological polar surface area (TPSA) is 96.3 Å². The van der Waals surface area contributed by atoms with Crippen molar-refractivity contribution in [3.8, 4) is 0 Å². The van der Waals surface area contributed by atoms with Crippen LogP contribution in [0.2, 0.25) is 0 Å². The highest BCUT2D eigenvalue weighted by molar-refractivity contribution is 7.87. The van der Waals surface area contributed by atoms with E-state index in [0.29, 0.717) is 18.9 Å². The van der Waals surface area contributed by atoms with E-state index in [9.17, 15) is 13.2 Å². The van der Waals surface area contributed by atoms with Crippen molar-refractivity contribution in [3.63, 3.8) is 0 Å². The minimum atomic E-state index is -3.71. The Balaban J connectivity index is 2.25. The molecule has 1 aliphatic rings. The van der Waals surface area contributed by atoms with Crippen molar-refractivity contribution in [3.05, 3.63) is 17.5 Å².